The van der Waals surface area contributed by atoms with Gasteiger partial charge in [0.15, 0.2) is 0 Å². The molecule has 4 nitrogen and oxygen atoms in total. The van der Waals surface area contributed by atoms with Gasteiger partial charge >= 0.3 is 6.18 Å². The van der Waals surface area contributed by atoms with Gasteiger partial charge in [0.05, 0.1) is 10.4 Å². The van der Waals surface area contributed by atoms with Crippen LogP contribution in [0.5, 0.6) is 5.88 Å². The van der Waals surface area contributed by atoms with Gasteiger partial charge in [0.2, 0.25) is 5.88 Å². The summed E-state index contributed by atoms with van der Waals surface area (Å²) in [6, 6.07) is 12.1. The van der Waals surface area contributed by atoms with Crippen LogP contribution in [0.1, 0.15) is 40.9 Å². The van der Waals surface area contributed by atoms with Crippen LogP contribution in [-0.4, -0.2) is 23.0 Å². The molecule has 0 spiro atoms. The molecular weight excluding hydrogens is 401 g/mol. The molecule has 1 amide bonds. The normalized spacial score (nSPS) is 19.8. The molecule has 2 aromatic heterocycles. The topological polar surface area (TPSA) is 51.2 Å². The third-order valence-electron chi connectivity index (χ3n) is 5.01. The van der Waals surface area contributed by atoms with Gasteiger partial charge in [-0.1, -0.05) is 18.2 Å². The molecule has 1 saturated carbocycles. The lowest BCUT2D eigenvalue weighted by molar-refractivity contribution is -0.137. The first kappa shape index (κ1) is 19.7. The van der Waals surface area contributed by atoms with Crippen LogP contribution in [0.3, 0.4) is 0 Å². The Kier molecular flexibility index (Phi) is 5.45. The number of amides is 1. The lowest BCUT2D eigenvalue weighted by Gasteiger charge is -2.29. The van der Waals surface area contributed by atoms with Crippen molar-refractivity contribution in [2.24, 2.45) is 0 Å². The van der Waals surface area contributed by atoms with Crippen molar-refractivity contribution in [1.82, 2.24) is 10.3 Å². The van der Waals surface area contributed by atoms with Gasteiger partial charge < -0.3 is 10.1 Å². The van der Waals surface area contributed by atoms with Crippen molar-refractivity contribution in [1.29, 1.82) is 0 Å². The third kappa shape index (κ3) is 4.70. The quantitative estimate of drug-likeness (QED) is 0.612. The second-order valence-corrected chi connectivity index (χ2v) is 8.18. The van der Waals surface area contributed by atoms with E-state index in [-0.39, 0.29) is 23.9 Å². The number of benzene rings is 1. The number of nitrogens with zero attached hydrogens (tertiary/aromatic N) is 1. The van der Waals surface area contributed by atoms with Crippen LogP contribution in [0.4, 0.5) is 13.2 Å². The van der Waals surface area contributed by atoms with E-state index in [1.165, 1.54) is 17.4 Å². The van der Waals surface area contributed by atoms with Crippen LogP contribution in [-0.2, 0) is 6.18 Å². The first-order chi connectivity index (χ1) is 13.9. The summed E-state index contributed by atoms with van der Waals surface area (Å²) in [4.78, 5) is 17.0. The second-order valence-electron chi connectivity index (χ2n) is 7.10. The van der Waals surface area contributed by atoms with Crippen molar-refractivity contribution < 1.29 is 22.7 Å². The summed E-state index contributed by atoms with van der Waals surface area (Å²) in [7, 11) is 0. The number of hydrogen-bond donors (Lipinski definition) is 1. The van der Waals surface area contributed by atoms with Gasteiger partial charge in [-0.2, -0.15) is 13.2 Å². The molecule has 1 aliphatic rings. The summed E-state index contributed by atoms with van der Waals surface area (Å²) in [6.45, 7) is 0. The van der Waals surface area contributed by atoms with E-state index in [4.69, 9.17) is 4.74 Å². The number of thiophene rings is 1. The lowest BCUT2D eigenvalue weighted by atomic mass is 9.93. The molecule has 152 valence electrons. The Morgan fingerprint density at radius 1 is 1.10 bits per heavy atom. The summed E-state index contributed by atoms with van der Waals surface area (Å²) < 4.78 is 44.6. The Morgan fingerprint density at radius 3 is 2.52 bits per heavy atom. The van der Waals surface area contributed by atoms with Gasteiger partial charge in [-0.3, -0.25) is 4.79 Å². The van der Waals surface area contributed by atoms with Crippen molar-refractivity contribution in [2.45, 2.75) is 44.0 Å². The number of carbonyl (C=O) groups is 1. The van der Waals surface area contributed by atoms with Gasteiger partial charge in [-0.15, -0.1) is 11.3 Å². The monoisotopic (exact) mass is 420 g/mol. The zero-order valence-corrected chi connectivity index (χ0v) is 16.2. The van der Waals surface area contributed by atoms with Gasteiger partial charge in [0.1, 0.15) is 6.10 Å². The Bertz CT molecular complexity index is 960. The van der Waals surface area contributed by atoms with E-state index < -0.39 is 11.7 Å². The lowest BCUT2D eigenvalue weighted by Crippen LogP contribution is -2.39. The molecule has 0 radical (unpaired) electrons. The van der Waals surface area contributed by atoms with Crippen LogP contribution in [0.15, 0.2) is 48.7 Å². The van der Waals surface area contributed by atoms with Gasteiger partial charge in [0.25, 0.3) is 5.91 Å². The van der Waals surface area contributed by atoms with Crippen LogP contribution in [0.25, 0.3) is 10.1 Å². The summed E-state index contributed by atoms with van der Waals surface area (Å²) in [5.41, 5.74) is -0.794. The van der Waals surface area contributed by atoms with E-state index in [9.17, 15) is 18.0 Å². The Morgan fingerprint density at radius 2 is 1.86 bits per heavy atom. The molecule has 0 aliphatic heterocycles. The van der Waals surface area contributed by atoms with Crippen LogP contribution in [0, 0.1) is 0 Å². The number of halogens is 3. The predicted octanol–water partition coefficient (Wildman–Crippen LogP) is 5.44. The highest BCUT2D eigenvalue weighted by Crippen LogP contribution is 2.30. The molecule has 0 atom stereocenters. The fourth-order valence-electron chi connectivity index (χ4n) is 3.46. The molecule has 1 aromatic carbocycles. The molecule has 8 heteroatoms. The minimum absolute atomic E-state index is 0.0631. The van der Waals surface area contributed by atoms with Crippen LogP contribution < -0.4 is 10.1 Å². The predicted molar refractivity (Wildman–Crippen MR) is 105 cm³/mol. The average molecular weight is 420 g/mol. The number of fused-ring (bicyclic) bond motifs is 1. The van der Waals surface area contributed by atoms with Crippen LogP contribution in [0.2, 0.25) is 0 Å². The van der Waals surface area contributed by atoms with E-state index in [2.05, 4.69) is 10.3 Å². The van der Waals surface area contributed by atoms with E-state index in [1.807, 2.05) is 30.3 Å². The maximum absolute atomic E-state index is 12.6. The van der Waals surface area contributed by atoms with Crippen molar-refractivity contribution >= 4 is 27.3 Å². The van der Waals surface area contributed by atoms with Crippen molar-refractivity contribution in [3.63, 3.8) is 0 Å². The average Bonchev–Trinajstić information content (AvgIpc) is 3.14. The fourth-order valence-corrected chi connectivity index (χ4v) is 4.43. The first-order valence-electron chi connectivity index (χ1n) is 9.38. The number of rotatable bonds is 4. The van der Waals surface area contributed by atoms with E-state index >= 15 is 0 Å². The fraction of sp³-hybridized carbons (Fsp3) is 0.333. The first-order valence-corrected chi connectivity index (χ1v) is 10.2. The third-order valence-corrected chi connectivity index (χ3v) is 6.12. The zero-order chi connectivity index (χ0) is 20.4. The minimum atomic E-state index is -4.41. The molecular formula is C21H19F3N2O2S. The maximum Gasteiger partial charge on any atom is 0.417 e. The highest BCUT2D eigenvalue weighted by molar-refractivity contribution is 7.20. The summed E-state index contributed by atoms with van der Waals surface area (Å²) in [5, 5.41) is 4.14. The minimum Gasteiger partial charge on any atom is -0.474 e. The highest BCUT2D eigenvalue weighted by atomic mass is 32.1. The standard InChI is InChI=1S/C21H19F3N2O2S/c22-21(23,24)14-5-10-19(25-12-14)28-16-8-6-15(7-9-16)26-20(27)18-11-13-3-1-2-4-17(13)29-18/h1-5,10-12,15-16H,6-9H2,(H,26,27). The van der Waals surface area contributed by atoms with Gasteiger partial charge in [-0.05, 0) is 49.3 Å². The molecule has 0 unspecified atom stereocenters. The molecule has 0 saturated heterocycles. The Balaban J connectivity index is 1.28. The van der Waals surface area contributed by atoms with E-state index in [0.29, 0.717) is 17.7 Å². The molecule has 29 heavy (non-hydrogen) atoms. The largest absolute Gasteiger partial charge is 0.474 e. The number of hydrogen-bond acceptors (Lipinski definition) is 4. The van der Waals surface area contributed by atoms with E-state index in [1.54, 1.807) is 0 Å². The number of carbonyl (C=O) groups excluding carboxylic acids is 1. The molecule has 4 rings (SSSR count). The molecule has 1 fully saturated rings. The summed E-state index contributed by atoms with van der Waals surface area (Å²) in [6.07, 6.45) is -0.816. The maximum atomic E-state index is 12.6. The number of nitrogens with one attached hydrogen (secondary N) is 1. The number of pyridine rings is 1. The molecule has 1 N–H and O–H groups in total. The number of aromatic nitrogens is 1. The zero-order valence-electron chi connectivity index (χ0n) is 15.4. The Hall–Kier alpha value is -2.61. The van der Waals surface area contributed by atoms with E-state index in [0.717, 1.165) is 35.2 Å². The van der Waals surface area contributed by atoms with Gasteiger partial charge in [0, 0.05) is 23.0 Å². The smallest absolute Gasteiger partial charge is 0.417 e. The Labute approximate surface area is 169 Å². The van der Waals surface area contributed by atoms with Gasteiger partial charge in [-0.25, -0.2) is 4.98 Å². The van der Waals surface area contributed by atoms with Crippen LogP contribution >= 0.6 is 11.3 Å². The molecule has 0 bridgehead atoms. The number of alkyl halides is 3. The van der Waals surface area contributed by atoms with Crippen molar-refractivity contribution in [3.05, 3.63) is 59.1 Å². The molecule has 1 aliphatic carbocycles. The van der Waals surface area contributed by atoms with Crippen molar-refractivity contribution in [3.8, 4) is 5.88 Å². The summed E-state index contributed by atoms with van der Waals surface area (Å²) in [5.74, 6) is 0.121. The second kappa shape index (κ2) is 8.02. The highest BCUT2D eigenvalue weighted by Gasteiger charge is 2.31. The SMILES string of the molecule is O=C(NC1CCC(Oc2ccc(C(F)(F)F)cn2)CC1)c1cc2ccccc2s1. The number of ether oxygens (including phenoxy) is 1. The molecule has 2 heterocycles. The summed E-state index contributed by atoms with van der Waals surface area (Å²) >= 11 is 1.47. The van der Waals surface area contributed by atoms with Crippen molar-refractivity contribution in [2.75, 3.05) is 0 Å². The molecule has 3 aromatic rings.